The zero-order chi connectivity index (χ0) is 20.9. The van der Waals surface area contributed by atoms with E-state index in [1.165, 1.54) is 17.9 Å². The lowest BCUT2D eigenvalue weighted by atomic mass is 9.98. The summed E-state index contributed by atoms with van der Waals surface area (Å²) < 4.78 is 28.5. The van der Waals surface area contributed by atoms with Crippen molar-refractivity contribution >= 4 is 33.4 Å². The van der Waals surface area contributed by atoms with Crippen LogP contribution in [0.2, 0.25) is 0 Å². The molecule has 0 aliphatic carbocycles. The predicted octanol–water partition coefficient (Wildman–Crippen LogP) is 1.79. The molecule has 3 aliphatic heterocycles. The highest BCUT2D eigenvalue weighted by Gasteiger charge is 2.50. The van der Waals surface area contributed by atoms with Crippen LogP contribution in [0.5, 0.6) is 0 Å². The molecular weight excluding hydrogens is 394 g/mol. The molecule has 4 rings (SSSR count). The number of carbonyl (C=O) groups is 3. The number of nitrogens with one attached hydrogen (secondary N) is 1. The van der Waals surface area contributed by atoms with Gasteiger partial charge in [0.05, 0.1) is 4.90 Å². The third kappa shape index (κ3) is 3.46. The first kappa shape index (κ1) is 20.0. The lowest BCUT2D eigenvalue weighted by molar-refractivity contribution is -0.142. The van der Waals surface area contributed by atoms with Gasteiger partial charge in [0.15, 0.2) is 0 Å². The number of likely N-dealkylation sites (tertiary alicyclic amines) is 1. The van der Waals surface area contributed by atoms with Crippen LogP contribution in [-0.4, -0.2) is 53.5 Å². The summed E-state index contributed by atoms with van der Waals surface area (Å²) in [5, 5.41) is 2.66. The number of rotatable bonds is 4. The van der Waals surface area contributed by atoms with Crippen molar-refractivity contribution < 1.29 is 22.8 Å². The standard InChI is InChI=1S/C20H25N3O5S/c1-12-9-14(21-13(2)24)3-6-18(12)29(27,28)23-15-4-5-16(23)11-17(10-15)22-19(25)7-8-20(22)26/h3,6,9,15-17H,4-5,7-8,10-11H2,1-2H3,(H,21,24). The van der Waals surface area contributed by atoms with E-state index in [4.69, 9.17) is 0 Å². The predicted molar refractivity (Wildman–Crippen MR) is 105 cm³/mol. The number of benzene rings is 1. The monoisotopic (exact) mass is 419 g/mol. The van der Waals surface area contributed by atoms with Gasteiger partial charge in [-0.05, 0) is 56.4 Å². The highest BCUT2D eigenvalue weighted by Crippen LogP contribution is 2.42. The lowest BCUT2D eigenvalue weighted by Crippen LogP contribution is -2.53. The zero-order valence-electron chi connectivity index (χ0n) is 16.6. The summed E-state index contributed by atoms with van der Waals surface area (Å²) in [4.78, 5) is 37.1. The molecule has 156 valence electrons. The summed E-state index contributed by atoms with van der Waals surface area (Å²) in [5.74, 6) is -0.494. The van der Waals surface area contributed by atoms with E-state index in [-0.39, 0.29) is 53.6 Å². The first-order chi connectivity index (χ1) is 13.7. The molecule has 3 heterocycles. The van der Waals surface area contributed by atoms with Crippen molar-refractivity contribution in [3.05, 3.63) is 23.8 Å². The van der Waals surface area contributed by atoms with Crippen molar-refractivity contribution in [1.29, 1.82) is 0 Å². The molecular formula is C20H25N3O5S. The molecule has 8 nitrogen and oxygen atoms in total. The first-order valence-electron chi connectivity index (χ1n) is 9.95. The fourth-order valence-corrected chi connectivity index (χ4v) is 7.14. The van der Waals surface area contributed by atoms with E-state index in [9.17, 15) is 22.8 Å². The molecule has 1 aromatic carbocycles. The maximum Gasteiger partial charge on any atom is 0.243 e. The van der Waals surface area contributed by atoms with Crippen LogP contribution in [0.25, 0.3) is 0 Å². The van der Waals surface area contributed by atoms with Gasteiger partial charge in [-0.2, -0.15) is 4.31 Å². The van der Waals surface area contributed by atoms with Crippen molar-refractivity contribution in [2.24, 2.45) is 0 Å². The molecule has 1 aromatic rings. The average molecular weight is 420 g/mol. The van der Waals surface area contributed by atoms with Gasteiger partial charge >= 0.3 is 0 Å². The Morgan fingerprint density at radius 3 is 2.14 bits per heavy atom. The number of amides is 3. The van der Waals surface area contributed by atoms with Gasteiger partial charge in [-0.25, -0.2) is 8.42 Å². The second kappa shape index (κ2) is 7.21. The molecule has 2 atom stereocenters. The minimum Gasteiger partial charge on any atom is -0.326 e. The van der Waals surface area contributed by atoms with E-state index < -0.39 is 10.0 Å². The third-order valence-electron chi connectivity index (χ3n) is 6.15. The Morgan fingerprint density at radius 1 is 1.03 bits per heavy atom. The van der Waals surface area contributed by atoms with Gasteiger partial charge in [-0.15, -0.1) is 0 Å². The van der Waals surface area contributed by atoms with Crippen LogP contribution >= 0.6 is 0 Å². The number of nitrogens with zero attached hydrogens (tertiary/aromatic N) is 2. The van der Waals surface area contributed by atoms with E-state index in [1.807, 2.05) is 0 Å². The van der Waals surface area contributed by atoms with Gasteiger partial charge in [0, 0.05) is 43.6 Å². The maximum absolute atomic E-state index is 13.5. The maximum atomic E-state index is 13.5. The summed E-state index contributed by atoms with van der Waals surface area (Å²) >= 11 is 0. The second-order valence-corrected chi connectivity index (χ2v) is 9.98. The van der Waals surface area contributed by atoms with E-state index in [0.29, 0.717) is 24.1 Å². The molecule has 0 spiro atoms. The van der Waals surface area contributed by atoms with Gasteiger partial charge in [-0.3, -0.25) is 19.3 Å². The van der Waals surface area contributed by atoms with Crippen LogP contribution in [0.3, 0.4) is 0 Å². The summed E-state index contributed by atoms with van der Waals surface area (Å²) in [7, 11) is -3.72. The number of imide groups is 1. The molecule has 0 saturated carbocycles. The fraction of sp³-hybridized carbons (Fsp3) is 0.550. The Bertz CT molecular complexity index is 960. The minimum atomic E-state index is -3.72. The smallest absolute Gasteiger partial charge is 0.243 e. The number of hydrogen-bond acceptors (Lipinski definition) is 5. The SMILES string of the molecule is CC(=O)Nc1ccc(S(=O)(=O)N2C3CCC2CC(N2C(=O)CCC2=O)C3)c(C)c1. The summed E-state index contributed by atoms with van der Waals surface area (Å²) in [6, 6.07) is 4.17. The zero-order valence-corrected chi connectivity index (χ0v) is 17.4. The van der Waals surface area contributed by atoms with Crippen molar-refractivity contribution in [3.8, 4) is 0 Å². The van der Waals surface area contributed by atoms with Gasteiger partial charge in [-0.1, -0.05) is 0 Å². The lowest BCUT2D eigenvalue weighted by Gasteiger charge is -2.40. The molecule has 1 N–H and O–H groups in total. The van der Waals surface area contributed by atoms with Gasteiger partial charge in [0.25, 0.3) is 0 Å². The minimum absolute atomic E-state index is 0.139. The molecule has 0 radical (unpaired) electrons. The van der Waals surface area contributed by atoms with E-state index >= 15 is 0 Å². The fourth-order valence-electron chi connectivity index (χ4n) is 5.04. The van der Waals surface area contributed by atoms with Crippen LogP contribution in [0.15, 0.2) is 23.1 Å². The van der Waals surface area contributed by atoms with Crippen molar-refractivity contribution in [2.45, 2.75) is 75.4 Å². The molecule has 3 aliphatic rings. The molecule has 29 heavy (non-hydrogen) atoms. The van der Waals surface area contributed by atoms with Gasteiger partial charge < -0.3 is 5.32 Å². The molecule has 3 amide bonds. The van der Waals surface area contributed by atoms with Crippen LogP contribution in [0.4, 0.5) is 5.69 Å². The number of piperidine rings is 1. The number of fused-ring (bicyclic) bond motifs is 2. The highest BCUT2D eigenvalue weighted by molar-refractivity contribution is 7.89. The molecule has 3 saturated heterocycles. The van der Waals surface area contributed by atoms with E-state index in [2.05, 4.69) is 5.32 Å². The number of aryl methyl sites for hydroxylation is 1. The Morgan fingerprint density at radius 2 is 1.62 bits per heavy atom. The first-order valence-corrected chi connectivity index (χ1v) is 11.4. The quantitative estimate of drug-likeness (QED) is 0.750. The Hall–Kier alpha value is -2.26. The number of anilines is 1. The molecule has 0 aromatic heterocycles. The van der Waals surface area contributed by atoms with Crippen molar-refractivity contribution in [2.75, 3.05) is 5.32 Å². The van der Waals surface area contributed by atoms with Crippen LogP contribution in [0.1, 0.15) is 51.0 Å². The third-order valence-corrected chi connectivity index (χ3v) is 8.31. The van der Waals surface area contributed by atoms with Gasteiger partial charge in [0.2, 0.25) is 27.7 Å². The molecule has 3 fully saturated rings. The summed E-state index contributed by atoms with van der Waals surface area (Å²) in [5.41, 5.74) is 1.13. The van der Waals surface area contributed by atoms with Crippen LogP contribution in [0, 0.1) is 6.92 Å². The molecule has 9 heteroatoms. The largest absolute Gasteiger partial charge is 0.326 e. The number of carbonyl (C=O) groups excluding carboxylic acids is 3. The Labute approximate surface area is 170 Å². The van der Waals surface area contributed by atoms with Crippen molar-refractivity contribution in [1.82, 2.24) is 9.21 Å². The average Bonchev–Trinajstić information content (AvgIpc) is 3.11. The number of sulfonamides is 1. The second-order valence-electron chi connectivity index (χ2n) is 8.16. The van der Waals surface area contributed by atoms with Gasteiger partial charge in [0.1, 0.15) is 0 Å². The van der Waals surface area contributed by atoms with E-state index in [0.717, 1.165) is 12.8 Å². The summed E-state index contributed by atoms with van der Waals surface area (Å²) in [6.45, 7) is 3.12. The Balaban J connectivity index is 1.58. The highest BCUT2D eigenvalue weighted by atomic mass is 32.2. The van der Waals surface area contributed by atoms with Crippen LogP contribution < -0.4 is 5.32 Å². The molecule has 2 bridgehead atoms. The normalized spacial score (nSPS) is 27.5. The van der Waals surface area contributed by atoms with Crippen molar-refractivity contribution in [3.63, 3.8) is 0 Å². The van der Waals surface area contributed by atoms with Crippen LogP contribution in [-0.2, 0) is 24.4 Å². The molecule has 2 unspecified atom stereocenters. The Kier molecular flexibility index (Phi) is 4.98. The summed E-state index contributed by atoms with van der Waals surface area (Å²) in [6.07, 6.45) is 2.98. The van der Waals surface area contributed by atoms with E-state index in [1.54, 1.807) is 23.4 Å². The number of hydrogen-bond donors (Lipinski definition) is 1. The topological polar surface area (TPSA) is 104 Å².